The highest BCUT2D eigenvalue weighted by atomic mass is 16.5. The molecule has 2 heterocycles. The summed E-state index contributed by atoms with van der Waals surface area (Å²) in [6.07, 6.45) is 0.753. The number of ether oxygens (including phenoxy) is 1. The number of para-hydroxylation sites is 1. The summed E-state index contributed by atoms with van der Waals surface area (Å²) < 4.78 is 5.30. The van der Waals surface area contributed by atoms with E-state index in [1.165, 1.54) is 0 Å². The van der Waals surface area contributed by atoms with Crippen LogP contribution in [0.1, 0.15) is 23.2 Å². The fraction of sp³-hybridized carbons (Fsp3) is 0.500. The highest BCUT2D eigenvalue weighted by molar-refractivity contribution is 6.10. The van der Waals surface area contributed by atoms with E-state index in [-0.39, 0.29) is 24.1 Å². The molecule has 1 saturated heterocycles. The normalized spacial score (nSPS) is 20.5. The Morgan fingerprint density at radius 2 is 2.00 bits per heavy atom. The highest BCUT2D eigenvalue weighted by Gasteiger charge is 2.29. The number of fused-ring (bicyclic) bond motifs is 1. The first-order chi connectivity index (χ1) is 12.6. The van der Waals surface area contributed by atoms with Crippen LogP contribution < -0.4 is 16.0 Å². The molecule has 0 aliphatic carbocycles. The van der Waals surface area contributed by atoms with Crippen molar-refractivity contribution in [2.45, 2.75) is 18.9 Å². The molecule has 8 heteroatoms. The molecule has 3 N–H and O–H groups in total. The second-order valence-corrected chi connectivity index (χ2v) is 6.42. The molecule has 2 aliphatic rings. The summed E-state index contributed by atoms with van der Waals surface area (Å²) in [5.74, 6) is -0.991. The quantitative estimate of drug-likeness (QED) is 0.619. The van der Waals surface area contributed by atoms with Gasteiger partial charge < -0.3 is 20.7 Å². The fourth-order valence-electron chi connectivity index (χ4n) is 3.07. The van der Waals surface area contributed by atoms with Gasteiger partial charge in [0, 0.05) is 19.6 Å². The molecule has 0 saturated carbocycles. The van der Waals surface area contributed by atoms with Gasteiger partial charge in [-0.15, -0.1) is 0 Å². The van der Waals surface area contributed by atoms with Crippen molar-refractivity contribution in [1.29, 1.82) is 0 Å². The van der Waals surface area contributed by atoms with Gasteiger partial charge in [0.05, 0.1) is 30.9 Å². The van der Waals surface area contributed by atoms with Crippen molar-refractivity contribution in [3.05, 3.63) is 29.8 Å². The van der Waals surface area contributed by atoms with E-state index in [0.717, 1.165) is 39.3 Å². The SMILES string of the molecule is O=C(C[C@H]1NC(=O)c2ccccc2NC1=O)NCCCN1CCOCC1. The average Bonchev–Trinajstić information content (AvgIpc) is 2.76. The minimum absolute atomic E-state index is 0.0802. The monoisotopic (exact) mass is 360 g/mol. The van der Waals surface area contributed by atoms with Crippen molar-refractivity contribution in [3.8, 4) is 0 Å². The zero-order chi connectivity index (χ0) is 18.4. The predicted octanol–water partition coefficient (Wildman–Crippen LogP) is -0.0343. The van der Waals surface area contributed by atoms with E-state index < -0.39 is 6.04 Å². The van der Waals surface area contributed by atoms with Gasteiger partial charge >= 0.3 is 0 Å². The number of carbonyl (C=O) groups is 3. The zero-order valence-electron chi connectivity index (χ0n) is 14.6. The van der Waals surface area contributed by atoms with Gasteiger partial charge in [-0.25, -0.2) is 0 Å². The van der Waals surface area contributed by atoms with E-state index in [0.29, 0.717) is 17.8 Å². The summed E-state index contributed by atoms with van der Waals surface area (Å²) in [5.41, 5.74) is 0.859. The van der Waals surface area contributed by atoms with Crippen molar-refractivity contribution in [2.24, 2.45) is 0 Å². The van der Waals surface area contributed by atoms with E-state index in [1.807, 2.05) is 0 Å². The Kier molecular flexibility index (Phi) is 6.19. The molecule has 1 atom stereocenters. The van der Waals surface area contributed by atoms with Crippen molar-refractivity contribution in [1.82, 2.24) is 15.5 Å². The van der Waals surface area contributed by atoms with E-state index in [1.54, 1.807) is 24.3 Å². The maximum atomic E-state index is 12.3. The van der Waals surface area contributed by atoms with E-state index in [4.69, 9.17) is 4.74 Å². The number of benzene rings is 1. The summed E-state index contributed by atoms with van der Waals surface area (Å²) in [6, 6.07) is 5.90. The minimum Gasteiger partial charge on any atom is -0.379 e. The van der Waals surface area contributed by atoms with Crippen molar-refractivity contribution in [3.63, 3.8) is 0 Å². The van der Waals surface area contributed by atoms with Crippen LogP contribution >= 0.6 is 0 Å². The van der Waals surface area contributed by atoms with Crippen LogP contribution in [0.3, 0.4) is 0 Å². The van der Waals surface area contributed by atoms with Crippen LogP contribution in [0.5, 0.6) is 0 Å². The molecule has 26 heavy (non-hydrogen) atoms. The summed E-state index contributed by atoms with van der Waals surface area (Å²) in [5, 5.41) is 8.14. The van der Waals surface area contributed by atoms with Gasteiger partial charge in [-0.1, -0.05) is 12.1 Å². The number of morpholine rings is 1. The van der Waals surface area contributed by atoms with Gasteiger partial charge in [0.2, 0.25) is 11.8 Å². The molecule has 0 unspecified atom stereocenters. The summed E-state index contributed by atoms with van der Waals surface area (Å²) in [4.78, 5) is 38.9. The van der Waals surface area contributed by atoms with Crippen LogP contribution in [-0.2, 0) is 14.3 Å². The lowest BCUT2D eigenvalue weighted by molar-refractivity contribution is -0.125. The number of nitrogens with one attached hydrogen (secondary N) is 3. The van der Waals surface area contributed by atoms with Crippen LogP contribution in [0.4, 0.5) is 5.69 Å². The fourth-order valence-corrected chi connectivity index (χ4v) is 3.07. The zero-order valence-corrected chi connectivity index (χ0v) is 14.6. The van der Waals surface area contributed by atoms with Crippen LogP contribution in [-0.4, -0.2) is 68.1 Å². The molecular weight excluding hydrogens is 336 g/mol. The Labute approximate surface area is 152 Å². The largest absolute Gasteiger partial charge is 0.379 e. The number of hydrogen-bond acceptors (Lipinski definition) is 5. The smallest absolute Gasteiger partial charge is 0.254 e. The van der Waals surface area contributed by atoms with Crippen LogP contribution in [0, 0.1) is 0 Å². The molecule has 1 aromatic rings. The molecule has 1 aromatic carbocycles. The predicted molar refractivity (Wildman–Crippen MR) is 95.8 cm³/mol. The maximum Gasteiger partial charge on any atom is 0.254 e. The number of hydrogen-bond donors (Lipinski definition) is 3. The molecule has 0 bridgehead atoms. The van der Waals surface area contributed by atoms with E-state index in [9.17, 15) is 14.4 Å². The lowest BCUT2D eigenvalue weighted by Crippen LogP contribution is -2.45. The summed E-state index contributed by atoms with van der Waals surface area (Å²) in [7, 11) is 0. The van der Waals surface area contributed by atoms with Gasteiger partial charge in [0.1, 0.15) is 6.04 Å². The number of carbonyl (C=O) groups excluding carboxylic acids is 3. The molecule has 2 aliphatic heterocycles. The topological polar surface area (TPSA) is 99.8 Å². The third-order valence-corrected chi connectivity index (χ3v) is 4.52. The first kappa shape index (κ1) is 18.3. The van der Waals surface area contributed by atoms with Gasteiger partial charge in [0.15, 0.2) is 0 Å². The molecule has 0 spiro atoms. The number of anilines is 1. The standard InChI is InChI=1S/C18H24N4O4/c23-16(19-6-3-7-22-8-10-26-11-9-22)12-15-18(25)20-14-5-2-1-4-13(14)17(24)21-15/h1-2,4-5,15H,3,6-12H2,(H,19,23)(H,20,25)(H,21,24)/t15-/m1/s1. The van der Waals surface area contributed by atoms with Crippen molar-refractivity contribution < 1.29 is 19.1 Å². The second-order valence-electron chi connectivity index (χ2n) is 6.42. The van der Waals surface area contributed by atoms with Crippen molar-refractivity contribution in [2.75, 3.05) is 44.7 Å². The van der Waals surface area contributed by atoms with Crippen LogP contribution in [0.25, 0.3) is 0 Å². The molecule has 3 rings (SSSR count). The average molecular weight is 360 g/mol. The van der Waals surface area contributed by atoms with Gasteiger partial charge in [-0.3, -0.25) is 19.3 Å². The Balaban J connectivity index is 1.44. The van der Waals surface area contributed by atoms with Crippen molar-refractivity contribution >= 4 is 23.4 Å². The second kappa shape index (κ2) is 8.77. The first-order valence-electron chi connectivity index (χ1n) is 8.91. The Hall–Kier alpha value is -2.45. The van der Waals surface area contributed by atoms with Gasteiger partial charge in [0.25, 0.3) is 5.91 Å². The first-order valence-corrected chi connectivity index (χ1v) is 8.91. The molecule has 0 aromatic heterocycles. The third kappa shape index (κ3) is 4.80. The third-order valence-electron chi connectivity index (χ3n) is 4.52. The lowest BCUT2D eigenvalue weighted by atomic mass is 10.1. The van der Waals surface area contributed by atoms with Gasteiger partial charge in [-0.05, 0) is 25.1 Å². The summed E-state index contributed by atoms with van der Waals surface area (Å²) in [6.45, 7) is 4.79. The molecule has 3 amide bonds. The Morgan fingerprint density at radius 3 is 2.81 bits per heavy atom. The van der Waals surface area contributed by atoms with Crippen LogP contribution in [0.2, 0.25) is 0 Å². The number of rotatable bonds is 6. The van der Waals surface area contributed by atoms with Gasteiger partial charge in [-0.2, -0.15) is 0 Å². The number of amides is 3. The maximum absolute atomic E-state index is 12.3. The van der Waals surface area contributed by atoms with E-state index in [2.05, 4.69) is 20.9 Å². The minimum atomic E-state index is -0.880. The Bertz CT molecular complexity index is 673. The molecule has 140 valence electrons. The van der Waals surface area contributed by atoms with E-state index >= 15 is 0 Å². The summed E-state index contributed by atoms with van der Waals surface area (Å²) >= 11 is 0. The molecule has 1 fully saturated rings. The Morgan fingerprint density at radius 1 is 1.23 bits per heavy atom. The number of nitrogens with zero attached hydrogens (tertiary/aromatic N) is 1. The van der Waals surface area contributed by atoms with Crippen LogP contribution in [0.15, 0.2) is 24.3 Å². The highest BCUT2D eigenvalue weighted by Crippen LogP contribution is 2.18. The molecule has 0 radical (unpaired) electrons. The lowest BCUT2D eigenvalue weighted by Gasteiger charge is -2.26. The molecule has 8 nitrogen and oxygen atoms in total. The molecular formula is C18H24N4O4.